The fourth-order valence-electron chi connectivity index (χ4n) is 1.70. The van der Waals surface area contributed by atoms with Crippen LogP contribution in [0.5, 0.6) is 5.75 Å². The predicted octanol–water partition coefficient (Wildman–Crippen LogP) is 2.04. The Morgan fingerprint density at radius 1 is 1.50 bits per heavy atom. The summed E-state index contributed by atoms with van der Waals surface area (Å²) in [6.45, 7) is 3.83. The lowest BCUT2D eigenvalue weighted by Crippen LogP contribution is -2.32. The maximum absolute atomic E-state index is 11.6. The zero-order valence-corrected chi connectivity index (χ0v) is 9.31. The lowest BCUT2D eigenvalue weighted by Gasteiger charge is -2.18. The minimum atomic E-state index is -0.275. The molecule has 0 aromatic heterocycles. The normalized spacial score (nSPS) is 14.7. The lowest BCUT2D eigenvalue weighted by molar-refractivity contribution is 0.102. The lowest BCUT2D eigenvalue weighted by atomic mass is 10.2. The minimum absolute atomic E-state index is 0.275. The van der Waals surface area contributed by atoms with Gasteiger partial charge in [-0.25, -0.2) is 4.79 Å². The molecule has 0 saturated heterocycles. The molecule has 2 rings (SSSR count). The van der Waals surface area contributed by atoms with E-state index in [1.54, 1.807) is 11.8 Å². The van der Waals surface area contributed by atoms with E-state index in [1.807, 2.05) is 24.3 Å². The average molecular weight is 221 g/mol. The van der Waals surface area contributed by atoms with Crippen LogP contribution >= 0.6 is 0 Å². The highest BCUT2D eigenvalue weighted by molar-refractivity contribution is 5.67. The van der Waals surface area contributed by atoms with E-state index in [2.05, 4.69) is 0 Å². The van der Waals surface area contributed by atoms with Crippen molar-refractivity contribution >= 4 is 6.09 Å². The second-order valence-electron chi connectivity index (χ2n) is 3.58. The summed E-state index contributed by atoms with van der Waals surface area (Å²) in [5.41, 5.74) is 1.02. The van der Waals surface area contributed by atoms with Crippen molar-refractivity contribution in [2.75, 3.05) is 19.8 Å². The molecule has 16 heavy (non-hydrogen) atoms. The number of carbonyl (C=O) groups excluding carboxylic acids is 1. The Balaban J connectivity index is 2.13. The number of para-hydroxylation sites is 1. The maximum atomic E-state index is 11.6. The van der Waals surface area contributed by atoms with Gasteiger partial charge in [0.2, 0.25) is 0 Å². The van der Waals surface area contributed by atoms with E-state index in [9.17, 15) is 4.79 Å². The molecule has 0 aliphatic carbocycles. The summed E-state index contributed by atoms with van der Waals surface area (Å²) in [5.74, 6) is 0.856. The monoisotopic (exact) mass is 221 g/mol. The third-order valence-corrected chi connectivity index (χ3v) is 2.48. The molecule has 1 heterocycles. The van der Waals surface area contributed by atoms with Gasteiger partial charge in [-0.2, -0.15) is 0 Å². The van der Waals surface area contributed by atoms with Crippen molar-refractivity contribution in [2.45, 2.75) is 13.5 Å². The third-order valence-electron chi connectivity index (χ3n) is 2.48. The van der Waals surface area contributed by atoms with Gasteiger partial charge in [-0.05, 0) is 13.0 Å². The molecule has 0 spiro atoms. The molecule has 1 aliphatic rings. The number of nitrogens with zero attached hydrogens (tertiary/aromatic N) is 1. The Morgan fingerprint density at radius 2 is 2.31 bits per heavy atom. The number of hydrogen-bond donors (Lipinski definition) is 0. The van der Waals surface area contributed by atoms with E-state index in [0.717, 1.165) is 11.3 Å². The summed E-state index contributed by atoms with van der Waals surface area (Å²) in [4.78, 5) is 13.3. The van der Waals surface area contributed by atoms with Crippen LogP contribution in [0, 0.1) is 0 Å². The van der Waals surface area contributed by atoms with Crippen molar-refractivity contribution in [1.82, 2.24) is 4.90 Å². The van der Waals surface area contributed by atoms with Gasteiger partial charge in [-0.1, -0.05) is 18.2 Å². The predicted molar refractivity (Wildman–Crippen MR) is 59.4 cm³/mol. The van der Waals surface area contributed by atoms with E-state index in [-0.39, 0.29) is 6.09 Å². The van der Waals surface area contributed by atoms with Gasteiger partial charge in [0.15, 0.2) is 0 Å². The first-order chi connectivity index (χ1) is 7.81. The topological polar surface area (TPSA) is 38.8 Å². The van der Waals surface area contributed by atoms with Gasteiger partial charge in [0.05, 0.1) is 19.7 Å². The first kappa shape index (κ1) is 10.8. The van der Waals surface area contributed by atoms with Crippen molar-refractivity contribution < 1.29 is 14.3 Å². The third kappa shape index (κ3) is 2.27. The van der Waals surface area contributed by atoms with Gasteiger partial charge in [0.25, 0.3) is 0 Å². The van der Waals surface area contributed by atoms with Crippen molar-refractivity contribution in [3.63, 3.8) is 0 Å². The molecule has 1 aromatic rings. The number of benzene rings is 1. The molecular weight excluding hydrogens is 206 g/mol. The largest absolute Gasteiger partial charge is 0.491 e. The molecule has 1 amide bonds. The molecule has 0 bridgehead atoms. The number of carbonyl (C=O) groups is 1. The molecule has 4 nitrogen and oxygen atoms in total. The molecule has 0 fully saturated rings. The average Bonchev–Trinajstić information content (AvgIpc) is 2.51. The summed E-state index contributed by atoms with van der Waals surface area (Å²) >= 11 is 0. The van der Waals surface area contributed by atoms with E-state index in [0.29, 0.717) is 26.3 Å². The first-order valence-corrected chi connectivity index (χ1v) is 5.43. The van der Waals surface area contributed by atoms with Gasteiger partial charge in [-0.15, -0.1) is 0 Å². The minimum Gasteiger partial charge on any atom is -0.491 e. The van der Waals surface area contributed by atoms with Crippen molar-refractivity contribution in [3.8, 4) is 5.75 Å². The van der Waals surface area contributed by atoms with Crippen LogP contribution in [0.3, 0.4) is 0 Å². The van der Waals surface area contributed by atoms with Gasteiger partial charge >= 0.3 is 6.09 Å². The van der Waals surface area contributed by atoms with Crippen molar-refractivity contribution in [1.29, 1.82) is 0 Å². The molecule has 0 saturated carbocycles. The Kier molecular flexibility index (Phi) is 3.29. The summed E-state index contributed by atoms with van der Waals surface area (Å²) in [5, 5.41) is 0. The smallest absolute Gasteiger partial charge is 0.410 e. The standard InChI is InChI=1S/C12H15NO3/c1-2-15-12(14)13-7-8-16-11-6-4-3-5-10(11)9-13/h3-6H,2,7-9H2,1H3. The number of hydrogen-bond acceptors (Lipinski definition) is 3. The van der Waals surface area contributed by atoms with E-state index in [4.69, 9.17) is 9.47 Å². The molecule has 4 heteroatoms. The molecule has 0 unspecified atom stereocenters. The molecule has 0 N–H and O–H groups in total. The highest BCUT2D eigenvalue weighted by Crippen LogP contribution is 2.22. The molecule has 1 aromatic carbocycles. The van der Waals surface area contributed by atoms with Crippen LogP contribution < -0.4 is 4.74 Å². The fourth-order valence-corrected chi connectivity index (χ4v) is 1.70. The molecule has 1 aliphatic heterocycles. The number of ether oxygens (including phenoxy) is 2. The maximum Gasteiger partial charge on any atom is 0.410 e. The van der Waals surface area contributed by atoms with E-state index < -0.39 is 0 Å². The Labute approximate surface area is 94.8 Å². The summed E-state index contributed by atoms with van der Waals surface area (Å²) < 4.78 is 10.5. The second-order valence-corrected chi connectivity index (χ2v) is 3.58. The molecule has 0 atom stereocenters. The van der Waals surface area contributed by atoms with Crippen LogP contribution in [0.25, 0.3) is 0 Å². The van der Waals surface area contributed by atoms with Gasteiger partial charge in [0.1, 0.15) is 12.4 Å². The summed E-state index contributed by atoms with van der Waals surface area (Å²) in [7, 11) is 0. The second kappa shape index (κ2) is 4.88. The Bertz CT molecular complexity index is 378. The van der Waals surface area contributed by atoms with Crippen LogP contribution in [0.1, 0.15) is 12.5 Å². The highest BCUT2D eigenvalue weighted by atomic mass is 16.6. The number of fused-ring (bicyclic) bond motifs is 1. The van der Waals surface area contributed by atoms with Crippen LogP contribution in [0.15, 0.2) is 24.3 Å². The summed E-state index contributed by atoms with van der Waals surface area (Å²) in [6, 6.07) is 7.76. The quantitative estimate of drug-likeness (QED) is 0.728. The van der Waals surface area contributed by atoms with Crippen molar-refractivity contribution in [3.05, 3.63) is 29.8 Å². The Morgan fingerprint density at radius 3 is 3.12 bits per heavy atom. The SMILES string of the molecule is CCOC(=O)N1CCOc2ccccc2C1. The Hall–Kier alpha value is -1.71. The fraction of sp³-hybridized carbons (Fsp3) is 0.417. The van der Waals surface area contributed by atoms with Crippen LogP contribution in [-0.2, 0) is 11.3 Å². The van der Waals surface area contributed by atoms with Crippen LogP contribution in [-0.4, -0.2) is 30.8 Å². The number of amides is 1. The van der Waals surface area contributed by atoms with Gasteiger partial charge in [-0.3, -0.25) is 0 Å². The van der Waals surface area contributed by atoms with E-state index in [1.165, 1.54) is 0 Å². The van der Waals surface area contributed by atoms with E-state index >= 15 is 0 Å². The zero-order valence-electron chi connectivity index (χ0n) is 9.31. The van der Waals surface area contributed by atoms with Crippen LogP contribution in [0.4, 0.5) is 4.79 Å². The zero-order chi connectivity index (χ0) is 11.4. The number of rotatable bonds is 1. The van der Waals surface area contributed by atoms with Crippen LogP contribution in [0.2, 0.25) is 0 Å². The van der Waals surface area contributed by atoms with Gasteiger partial charge < -0.3 is 14.4 Å². The van der Waals surface area contributed by atoms with Crippen molar-refractivity contribution in [2.24, 2.45) is 0 Å². The summed E-state index contributed by atoms with van der Waals surface area (Å²) in [6.07, 6.45) is -0.275. The van der Waals surface area contributed by atoms with Gasteiger partial charge in [0, 0.05) is 5.56 Å². The molecule has 86 valence electrons. The molecular formula is C12H15NO3. The first-order valence-electron chi connectivity index (χ1n) is 5.43. The highest BCUT2D eigenvalue weighted by Gasteiger charge is 2.19. The molecule has 0 radical (unpaired) electrons.